The smallest absolute Gasteiger partial charge is 0.323 e. The van der Waals surface area contributed by atoms with Gasteiger partial charge in [-0.3, -0.25) is 5.32 Å². The molecule has 3 aromatic rings. The molecule has 10 heteroatoms. The van der Waals surface area contributed by atoms with Gasteiger partial charge in [0.25, 0.3) is 0 Å². The summed E-state index contributed by atoms with van der Waals surface area (Å²) in [4.78, 5) is 17.9. The van der Waals surface area contributed by atoms with Gasteiger partial charge in [0.1, 0.15) is 11.6 Å². The van der Waals surface area contributed by atoms with Crippen molar-refractivity contribution in [3.8, 4) is 11.5 Å². The van der Waals surface area contributed by atoms with Crippen LogP contribution in [0.2, 0.25) is 0 Å². The molecular weight excluding hydrogens is 501 g/mol. The number of sulfone groups is 1. The summed E-state index contributed by atoms with van der Waals surface area (Å²) in [6.07, 6.45) is 1.47. The van der Waals surface area contributed by atoms with Gasteiger partial charge in [0, 0.05) is 17.2 Å². The van der Waals surface area contributed by atoms with E-state index < -0.39 is 15.7 Å². The largest absolute Gasteiger partial charge is 0.454 e. The van der Waals surface area contributed by atoms with Crippen LogP contribution in [-0.2, 0) is 22.1 Å². The minimum Gasteiger partial charge on any atom is -0.454 e. The summed E-state index contributed by atoms with van der Waals surface area (Å²) in [5.74, 6) is -0.347. The molecule has 0 fully saturated rings. The van der Waals surface area contributed by atoms with Crippen LogP contribution in [0.25, 0.3) is 0 Å². The number of rotatable bonds is 6. The van der Waals surface area contributed by atoms with Crippen LogP contribution in [0.15, 0.2) is 64.1 Å². The first-order chi connectivity index (χ1) is 15.3. The Morgan fingerprint density at radius 3 is 2.59 bits per heavy atom. The van der Waals surface area contributed by atoms with Gasteiger partial charge in [-0.15, -0.1) is 0 Å². The zero-order valence-electron chi connectivity index (χ0n) is 17.0. The van der Waals surface area contributed by atoms with Crippen LogP contribution in [0, 0.1) is 5.82 Å². The van der Waals surface area contributed by atoms with Crippen molar-refractivity contribution in [2.24, 2.45) is 0 Å². The number of nitrogens with one attached hydrogen (secondary N) is 1. The molecule has 2 amide bonds. The number of carbonyl (C=O) groups is 1. The molecule has 0 radical (unpaired) electrons. The van der Waals surface area contributed by atoms with Gasteiger partial charge in [0.05, 0.1) is 22.8 Å². The normalized spacial score (nSPS) is 13.5. The summed E-state index contributed by atoms with van der Waals surface area (Å²) < 4.78 is 46.6. The minimum absolute atomic E-state index is 0.0526. The third-order valence-electron chi connectivity index (χ3n) is 5.00. The maximum atomic E-state index is 14.8. The lowest BCUT2D eigenvalue weighted by atomic mass is 10.2. The number of anilines is 1. The maximum Gasteiger partial charge on any atom is 0.323 e. The summed E-state index contributed by atoms with van der Waals surface area (Å²) in [5, 5.41) is 2.69. The molecule has 1 aliphatic heterocycles. The molecule has 2 aromatic carbocycles. The summed E-state index contributed by atoms with van der Waals surface area (Å²) in [6, 6.07) is 11.7. The Bertz CT molecular complexity index is 1280. The Labute approximate surface area is 193 Å². The van der Waals surface area contributed by atoms with Gasteiger partial charge in [-0.2, -0.15) is 0 Å². The molecule has 0 spiro atoms. The molecule has 1 N–H and O–H groups in total. The van der Waals surface area contributed by atoms with Crippen molar-refractivity contribution in [3.63, 3.8) is 0 Å². The predicted molar refractivity (Wildman–Crippen MR) is 121 cm³/mol. The molecular formula is C22H19BrFN3O4S. The van der Waals surface area contributed by atoms with Crippen molar-refractivity contribution in [2.75, 3.05) is 11.9 Å². The number of hydrogen-bond donors (Lipinski definition) is 1. The fourth-order valence-electron chi connectivity index (χ4n) is 3.31. The number of ether oxygens (including phenoxy) is 1. The second-order valence-electron chi connectivity index (χ2n) is 7.16. The Morgan fingerprint density at radius 1 is 1.16 bits per heavy atom. The average Bonchev–Trinajstić information content (AvgIpc) is 2.75. The second-order valence-corrected chi connectivity index (χ2v) is 10.1. The SMILES string of the molecule is CCN1Cc2c(Oc3ccc(CS(=O)(=O)c4ccc(Br)cc4)cc3F)ccnc2NC1=O. The van der Waals surface area contributed by atoms with Crippen molar-refractivity contribution in [3.05, 3.63) is 76.1 Å². The van der Waals surface area contributed by atoms with Gasteiger partial charge in [-0.05, 0) is 55.0 Å². The number of fused-ring (bicyclic) bond motifs is 1. The maximum absolute atomic E-state index is 14.8. The number of pyridine rings is 1. The molecule has 1 aromatic heterocycles. The number of nitrogens with zero attached hydrogens (tertiary/aromatic N) is 2. The van der Waals surface area contributed by atoms with E-state index in [-0.39, 0.29) is 29.0 Å². The van der Waals surface area contributed by atoms with Crippen molar-refractivity contribution in [1.82, 2.24) is 9.88 Å². The van der Waals surface area contributed by atoms with Crippen LogP contribution in [0.5, 0.6) is 11.5 Å². The third-order valence-corrected chi connectivity index (χ3v) is 7.23. The lowest BCUT2D eigenvalue weighted by molar-refractivity contribution is 0.209. The summed E-state index contributed by atoms with van der Waals surface area (Å²) in [5.41, 5.74) is 0.939. The van der Waals surface area contributed by atoms with E-state index in [4.69, 9.17) is 4.74 Å². The molecule has 1 aliphatic rings. The number of urea groups is 1. The molecule has 0 unspecified atom stereocenters. The molecule has 32 heavy (non-hydrogen) atoms. The van der Waals surface area contributed by atoms with E-state index in [0.29, 0.717) is 29.2 Å². The van der Waals surface area contributed by atoms with Crippen molar-refractivity contribution < 1.29 is 22.3 Å². The highest BCUT2D eigenvalue weighted by molar-refractivity contribution is 9.10. The number of carbonyl (C=O) groups excluding carboxylic acids is 1. The molecule has 0 saturated heterocycles. The lowest BCUT2D eigenvalue weighted by Gasteiger charge is -2.28. The highest BCUT2D eigenvalue weighted by Gasteiger charge is 2.26. The van der Waals surface area contributed by atoms with Crippen LogP contribution in [0.4, 0.5) is 15.0 Å². The van der Waals surface area contributed by atoms with Gasteiger partial charge in [-0.25, -0.2) is 22.6 Å². The van der Waals surface area contributed by atoms with Crippen LogP contribution in [0.1, 0.15) is 18.1 Å². The highest BCUT2D eigenvalue weighted by Crippen LogP contribution is 2.34. The fraction of sp³-hybridized carbons (Fsp3) is 0.182. The first kappa shape index (κ1) is 22.2. The number of hydrogen-bond acceptors (Lipinski definition) is 5. The average molecular weight is 520 g/mol. The highest BCUT2D eigenvalue weighted by atomic mass is 79.9. The van der Waals surface area contributed by atoms with Crippen molar-refractivity contribution in [1.29, 1.82) is 0 Å². The van der Waals surface area contributed by atoms with Crippen molar-refractivity contribution >= 4 is 37.6 Å². The minimum atomic E-state index is -3.63. The van der Waals surface area contributed by atoms with E-state index in [1.807, 2.05) is 6.92 Å². The zero-order chi connectivity index (χ0) is 22.9. The zero-order valence-corrected chi connectivity index (χ0v) is 19.4. The van der Waals surface area contributed by atoms with E-state index in [1.165, 1.54) is 30.5 Å². The van der Waals surface area contributed by atoms with Crippen molar-refractivity contribution in [2.45, 2.75) is 24.1 Å². The summed E-state index contributed by atoms with van der Waals surface area (Å²) in [7, 11) is -3.63. The quantitative estimate of drug-likeness (QED) is 0.488. The molecule has 166 valence electrons. The Hall–Kier alpha value is -2.98. The molecule has 0 saturated carbocycles. The van der Waals surface area contributed by atoms with Gasteiger partial charge >= 0.3 is 6.03 Å². The molecule has 0 atom stereocenters. The number of halogens is 2. The van der Waals surface area contributed by atoms with Crippen LogP contribution in [0.3, 0.4) is 0 Å². The monoisotopic (exact) mass is 519 g/mol. The van der Waals surface area contributed by atoms with Gasteiger partial charge in [-0.1, -0.05) is 22.0 Å². The molecule has 0 aliphatic carbocycles. The van der Waals surface area contributed by atoms with E-state index in [2.05, 4.69) is 26.2 Å². The molecule has 2 heterocycles. The standard InChI is InChI=1S/C22H19BrFN3O4S/c1-2-27-12-17-19(9-10-25-21(17)26-22(27)28)31-20-8-3-14(11-18(20)24)13-32(29,30)16-6-4-15(23)5-7-16/h3-11H,2,12-13H2,1H3,(H,25,26,28). The number of aromatic nitrogens is 1. The molecule has 0 bridgehead atoms. The lowest BCUT2D eigenvalue weighted by Crippen LogP contribution is -2.38. The number of amides is 2. The van der Waals surface area contributed by atoms with E-state index >= 15 is 0 Å². The van der Waals surface area contributed by atoms with Crippen LogP contribution < -0.4 is 10.1 Å². The third kappa shape index (κ3) is 4.61. The van der Waals surface area contributed by atoms with Gasteiger partial charge in [0.2, 0.25) is 0 Å². The predicted octanol–water partition coefficient (Wildman–Crippen LogP) is 5.12. The van der Waals surface area contributed by atoms with E-state index in [1.54, 1.807) is 23.1 Å². The summed E-state index contributed by atoms with van der Waals surface area (Å²) in [6.45, 7) is 2.63. The fourth-order valence-corrected chi connectivity index (χ4v) is 4.91. The van der Waals surface area contributed by atoms with Gasteiger partial charge < -0.3 is 9.64 Å². The van der Waals surface area contributed by atoms with Gasteiger partial charge in [0.15, 0.2) is 21.4 Å². The molecule has 4 rings (SSSR count). The Kier molecular flexibility index (Phi) is 6.16. The topological polar surface area (TPSA) is 88.6 Å². The summed E-state index contributed by atoms with van der Waals surface area (Å²) >= 11 is 3.27. The molecule has 7 nitrogen and oxygen atoms in total. The van der Waals surface area contributed by atoms with Crippen LogP contribution >= 0.6 is 15.9 Å². The Morgan fingerprint density at radius 2 is 1.91 bits per heavy atom. The first-order valence-electron chi connectivity index (χ1n) is 9.75. The Balaban J connectivity index is 1.56. The van der Waals surface area contributed by atoms with E-state index in [0.717, 1.165) is 10.5 Å². The number of benzene rings is 2. The first-order valence-corrected chi connectivity index (χ1v) is 12.2. The van der Waals surface area contributed by atoms with Crippen LogP contribution in [-0.4, -0.2) is 30.9 Å². The second kappa shape index (κ2) is 8.87. The van der Waals surface area contributed by atoms with E-state index in [9.17, 15) is 17.6 Å².